The number of benzene rings is 1. The molecule has 0 aromatic heterocycles. The molecular weight excluding hydrogens is 271 g/mol. The molecule has 1 aliphatic carbocycles. The van der Waals surface area contributed by atoms with Crippen molar-refractivity contribution in [2.24, 2.45) is 5.41 Å². The fourth-order valence-electron chi connectivity index (χ4n) is 2.65. The lowest BCUT2D eigenvalue weighted by Gasteiger charge is -2.18. The van der Waals surface area contributed by atoms with E-state index in [4.69, 9.17) is 0 Å². The molecule has 0 bridgehead atoms. The van der Waals surface area contributed by atoms with Crippen LogP contribution in [0.3, 0.4) is 0 Å². The summed E-state index contributed by atoms with van der Waals surface area (Å²) in [5.74, 6) is -0.246. The van der Waals surface area contributed by atoms with Crippen LogP contribution in [0.15, 0.2) is 24.3 Å². The minimum atomic E-state index is -0.300. The molecule has 1 aromatic carbocycles. The lowest BCUT2D eigenvalue weighted by molar-refractivity contribution is -0.128. The van der Waals surface area contributed by atoms with E-state index in [2.05, 4.69) is 5.32 Å². The number of halogens is 1. The summed E-state index contributed by atoms with van der Waals surface area (Å²) in [6, 6.07) is 6.13. The molecule has 1 aromatic rings. The number of carbonyl (C=O) groups is 2. The Hall–Kier alpha value is -1.91. The SMILES string of the molecule is CC1(C(=O)NC2CC(=O)N(Cc3cccc(F)c3)C2)CC1. The molecule has 2 fully saturated rings. The summed E-state index contributed by atoms with van der Waals surface area (Å²) in [5.41, 5.74) is 0.545. The van der Waals surface area contributed by atoms with Gasteiger partial charge in [-0.15, -0.1) is 0 Å². The van der Waals surface area contributed by atoms with Gasteiger partial charge in [-0.25, -0.2) is 4.39 Å². The molecule has 5 heteroatoms. The van der Waals surface area contributed by atoms with Gasteiger partial charge in [-0.3, -0.25) is 9.59 Å². The topological polar surface area (TPSA) is 49.4 Å². The van der Waals surface area contributed by atoms with Crippen molar-refractivity contribution < 1.29 is 14.0 Å². The van der Waals surface area contributed by atoms with E-state index in [0.29, 0.717) is 19.5 Å². The van der Waals surface area contributed by atoms with Gasteiger partial charge in [0.25, 0.3) is 0 Å². The molecule has 21 heavy (non-hydrogen) atoms. The molecule has 4 nitrogen and oxygen atoms in total. The highest BCUT2D eigenvalue weighted by Gasteiger charge is 2.46. The van der Waals surface area contributed by atoms with Crippen molar-refractivity contribution in [1.82, 2.24) is 10.2 Å². The van der Waals surface area contributed by atoms with Crippen molar-refractivity contribution in [3.05, 3.63) is 35.6 Å². The second-order valence-corrected chi connectivity index (χ2v) is 6.34. The van der Waals surface area contributed by atoms with Crippen molar-refractivity contribution in [1.29, 1.82) is 0 Å². The minimum absolute atomic E-state index is 0.00510. The normalized spacial score (nSPS) is 23.2. The van der Waals surface area contributed by atoms with Gasteiger partial charge in [0.1, 0.15) is 5.82 Å². The number of nitrogens with zero attached hydrogens (tertiary/aromatic N) is 1. The van der Waals surface area contributed by atoms with Gasteiger partial charge in [0.05, 0.1) is 6.04 Å². The van der Waals surface area contributed by atoms with Crippen molar-refractivity contribution in [3.63, 3.8) is 0 Å². The van der Waals surface area contributed by atoms with Crippen LogP contribution in [-0.4, -0.2) is 29.3 Å². The predicted molar refractivity (Wildman–Crippen MR) is 75.7 cm³/mol. The second kappa shape index (κ2) is 5.13. The maximum absolute atomic E-state index is 13.2. The van der Waals surface area contributed by atoms with E-state index in [1.165, 1.54) is 12.1 Å². The highest BCUT2D eigenvalue weighted by Crippen LogP contribution is 2.45. The maximum Gasteiger partial charge on any atom is 0.226 e. The average molecular weight is 290 g/mol. The summed E-state index contributed by atoms with van der Waals surface area (Å²) in [6.07, 6.45) is 2.18. The number of hydrogen-bond donors (Lipinski definition) is 1. The Bertz CT molecular complexity index is 583. The van der Waals surface area contributed by atoms with E-state index in [1.54, 1.807) is 17.0 Å². The van der Waals surface area contributed by atoms with Crippen molar-refractivity contribution in [2.75, 3.05) is 6.54 Å². The zero-order valence-electron chi connectivity index (χ0n) is 12.1. The van der Waals surface area contributed by atoms with Crippen molar-refractivity contribution in [2.45, 2.75) is 38.8 Å². The molecule has 1 saturated heterocycles. The Kier molecular flexibility index (Phi) is 3.43. The van der Waals surface area contributed by atoms with E-state index < -0.39 is 0 Å². The van der Waals surface area contributed by atoms with Gasteiger partial charge in [-0.1, -0.05) is 19.1 Å². The first-order valence-corrected chi connectivity index (χ1v) is 7.29. The Balaban J connectivity index is 1.58. The van der Waals surface area contributed by atoms with Crippen molar-refractivity contribution >= 4 is 11.8 Å². The molecule has 2 aliphatic rings. The lowest BCUT2D eigenvalue weighted by atomic mass is 10.1. The molecule has 1 saturated carbocycles. The summed E-state index contributed by atoms with van der Waals surface area (Å²) in [4.78, 5) is 25.7. The van der Waals surface area contributed by atoms with E-state index in [0.717, 1.165) is 18.4 Å². The van der Waals surface area contributed by atoms with Gasteiger partial charge < -0.3 is 10.2 Å². The van der Waals surface area contributed by atoms with Gasteiger partial charge in [-0.2, -0.15) is 0 Å². The molecule has 1 N–H and O–H groups in total. The molecule has 3 rings (SSSR count). The molecule has 1 unspecified atom stereocenters. The number of likely N-dealkylation sites (tertiary alicyclic amines) is 1. The molecule has 0 spiro atoms. The number of hydrogen-bond acceptors (Lipinski definition) is 2. The van der Waals surface area contributed by atoms with Gasteiger partial charge in [-0.05, 0) is 30.5 Å². The van der Waals surface area contributed by atoms with Crippen LogP contribution in [0.2, 0.25) is 0 Å². The first-order valence-electron chi connectivity index (χ1n) is 7.29. The summed E-state index contributed by atoms with van der Waals surface area (Å²) >= 11 is 0. The standard InChI is InChI=1S/C16H19FN2O2/c1-16(5-6-16)15(21)18-13-8-14(20)19(10-13)9-11-3-2-4-12(17)7-11/h2-4,7,13H,5-6,8-10H2,1H3,(H,18,21). The third-order valence-corrected chi connectivity index (χ3v) is 4.36. The molecule has 0 radical (unpaired) electrons. The second-order valence-electron chi connectivity index (χ2n) is 6.34. The van der Waals surface area contributed by atoms with Crippen LogP contribution < -0.4 is 5.32 Å². The minimum Gasteiger partial charge on any atom is -0.351 e. The Morgan fingerprint density at radius 3 is 2.90 bits per heavy atom. The predicted octanol–water partition coefficient (Wildman–Crippen LogP) is 1.84. The molecule has 2 amide bonds. The van der Waals surface area contributed by atoms with Crippen LogP contribution in [-0.2, 0) is 16.1 Å². The zero-order chi connectivity index (χ0) is 15.0. The quantitative estimate of drug-likeness (QED) is 0.920. The van der Waals surface area contributed by atoms with Crippen LogP contribution >= 0.6 is 0 Å². The number of carbonyl (C=O) groups excluding carboxylic acids is 2. The zero-order valence-corrected chi connectivity index (χ0v) is 12.1. The molecular formula is C16H19FN2O2. The van der Waals surface area contributed by atoms with Crippen LogP contribution in [0, 0.1) is 11.2 Å². The highest BCUT2D eigenvalue weighted by atomic mass is 19.1. The van der Waals surface area contributed by atoms with Gasteiger partial charge in [0, 0.05) is 24.9 Å². The average Bonchev–Trinajstić information content (AvgIpc) is 3.08. The van der Waals surface area contributed by atoms with Crippen LogP contribution in [0.4, 0.5) is 4.39 Å². The van der Waals surface area contributed by atoms with E-state index in [1.807, 2.05) is 6.92 Å². The van der Waals surface area contributed by atoms with Gasteiger partial charge in [0.15, 0.2) is 0 Å². The van der Waals surface area contributed by atoms with Gasteiger partial charge >= 0.3 is 0 Å². The first kappa shape index (κ1) is 14.0. The maximum atomic E-state index is 13.2. The first-order chi connectivity index (χ1) is 9.96. The Morgan fingerprint density at radius 1 is 1.48 bits per heavy atom. The van der Waals surface area contributed by atoms with Crippen LogP contribution in [0.5, 0.6) is 0 Å². The summed E-state index contributed by atoms with van der Waals surface area (Å²) in [6.45, 7) is 2.83. The smallest absolute Gasteiger partial charge is 0.226 e. The number of amides is 2. The summed E-state index contributed by atoms with van der Waals surface area (Å²) in [7, 11) is 0. The van der Waals surface area contributed by atoms with Crippen molar-refractivity contribution in [3.8, 4) is 0 Å². The molecule has 1 atom stereocenters. The highest BCUT2D eigenvalue weighted by molar-refractivity contribution is 5.86. The van der Waals surface area contributed by atoms with E-state index >= 15 is 0 Å². The summed E-state index contributed by atoms with van der Waals surface area (Å²) in [5, 5.41) is 2.96. The number of nitrogens with one attached hydrogen (secondary N) is 1. The largest absolute Gasteiger partial charge is 0.351 e. The lowest BCUT2D eigenvalue weighted by Crippen LogP contribution is -2.40. The Labute approximate surface area is 123 Å². The fraction of sp³-hybridized carbons (Fsp3) is 0.500. The summed E-state index contributed by atoms with van der Waals surface area (Å²) < 4.78 is 13.2. The molecule has 112 valence electrons. The molecule has 1 aliphatic heterocycles. The third kappa shape index (κ3) is 3.06. The fourth-order valence-corrected chi connectivity index (χ4v) is 2.65. The Morgan fingerprint density at radius 2 is 2.24 bits per heavy atom. The molecule has 1 heterocycles. The third-order valence-electron chi connectivity index (χ3n) is 4.36. The van der Waals surface area contributed by atoms with Gasteiger partial charge in [0.2, 0.25) is 11.8 Å². The van der Waals surface area contributed by atoms with E-state index in [9.17, 15) is 14.0 Å². The van der Waals surface area contributed by atoms with E-state index in [-0.39, 0.29) is 29.1 Å². The van der Waals surface area contributed by atoms with Crippen LogP contribution in [0.25, 0.3) is 0 Å². The monoisotopic (exact) mass is 290 g/mol. The number of rotatable bonds is 4. The van der Waals surface area contributed by atoms with Crippen LogP contribution in [0.1, 0.15) is 31.7 Å².